The molecule has 19 heavy (non-hydrogen) atoms. The number of hydrogen-bond donors (Lipinski definition) is 1. The molecule has 8 nitrogen and oxygen atoms in total. The van der Waals surface area contributed by atoms with Gasteiger partial charge in [-0.2, -0.15) is 5.10 Å². The van der Waals surface area contributed by atoms with Gasteiger partial charge in [0, 0.05) is 13.6 Å². The molecule has 0 aliphatic rings. The maximum absolute atomic E-state index is 4.17. The van der Waals surface area contributed by atoms with Crippen LogP contribution in [0.15, 0.2) is 11.5 Å². The molecule has 0 aliphatic carbocycles. The van der Waals surface area contributed by atoms with E-state index in [-0.39, 0.29) is 0 Å². The van der Waals surface area contributed by atoms with Crippen LogP contribution in [-0.2, 0) is 19.3 Å². The van der Waals surface area contributed by atoms with Crippen molar-refractivity contribution in [3.63, 3.8) is 0 Å². The van der Waals surface area contributed by atoms with E-state index >= 15 is 0 Å². The standard InChI is InChI=1S/C10H18N8S/c1-3-4-11-5-6-18-10(14-15-16-18)19-7-9-12-8-13-17(9)2/h8,11H,3-7H2,1-2H3. The van der Waals surface area contributed by atoms with Gasteiger partial charge in [-0.05, 0) is 23.4 Å². The van der Waals surface area contributed by atoms with E-state index in [9.17, 15) is 0 Å². The maximum atomic E-state index is 4.17. The van der Waals surface area contributed by atoms with Gasteiger partial charge in [0.05, 0.1) is 12.3 Å². The van der Waals surface area contributed by atoms with Gasteiger partial charge in [-0.25, -0.2) is 9.67 Å². The van der Waals surface area contributed by atoms with Crippen molar-refractivity contribution in [2.24, 2.45) is 7.05 Å². The van der Waals surface area contributed by atoms with Crippen LogP contribution in [0.1, 0.15) is 19.2 Å². The van der Waals surface area contributed by atoms with Gasteiger partial charge in [0.15, 0.2) is 0 Å². The van der Waals surface area contributed by atoms with Crippen LogP contribution in [0, 0.1) is 0 Å². The first kappa shape index (κ1) is 13.9. The molecule has 1 N–H and O–H groups in total. The predicted molar refractivity (Wildman–Crippen MR) is 71.5 cm³/mol. The van der Waals surface area contributed by atoms with E-state index in [1.807, 2.05) is 11.7 Å². The SMILES string of the molecule is CCCNCCn1nnnc1SCc1ncnn1C. The number of nitrogens with one attached hydrogen (secondary N) is 1. The second kappa shape index (κ2) is 7.19. The first-order valence-electron chi connectivity index (χ1n) is 6.23. The molecule has 0 unspecified atom stereocenters. The molecule has 0 amide bonds. The van der Waals surface area contributed by atoms with Crippen molar-refractivity contribution in [1.29, 1.82) is 0 Å². The van der Waals surface area contributed by atoms with Gasteiger partial charge in [-0.1, -0.05) is 18.7 Å². The van der Waals surface area contributed by atoms with Crippen LogP contribution < -0.4 is 5.32 Å². The summed E-state index contributed by atoms with van der Waals surface area (Å²) in [6.07, 6.45) is 2.68. The Morgan fingerprint density at radius 3 is 3.00 bits per heavy atom. The molecule has 0 saturated carbocycles. The average Bonchev–Trinajstić information content (AvgIpc) is 3.01. The Hall–Kier alpha value is -1.48. The summed E-state index contributed by atoms with van der Waals surface area (Å²) in [6.45, 7) is 4.81. The van der Waals surface area contributed by atoms with Crippen molar-refractivity contribution in [3.8, 4) is 0 Å². The highest BCUT2D eigenvalue weighted by atomic mass is 32.2. The molecular formula is C10H18N8S. The Balaban J connectivity index is 1.83. The van der Waals surface area contributed by atoms with E-state index in [1.165, 1.54) is 0 Å². The summed E-state index contributed by atoms with van der Waals surface area (Å²) in [5.41, 5.74) is 0. The van der Waals surface area contributed by atoms with Gasteiger partial charge >= 0.3 is 0 Å². The number of nitrogens with zero attached hydrogens (tertiary/aromatic N) is 7. The fraction of sp³-hybridized carbons (Fsp3) is 0.700. The normalized spacial score (nSPS) is 11.1. The predicted octanol–water partition coefficient (Wildman–Crippen LogP) is 0.0935. The topological polar surface area (TPSA) is 86.3 Å². The molecule has 0 atom stereocenters. The van der Waals surface area contributed by atoms with Crippen molar-refractivity contribution in [3.05, 3.63) is 12.2 Å². The lowest BCUT2D eigenvalue weighted by molar-refractivity contribution is 0.510. The van der Waals surface area contributed by atoms with E-state index in [0.717, 1.165) is 37.0 Å². The first-order valence-corrected chi connectivity index (χ1v) is 7.22. The molecule has 2 aromatic heterocycles. The Kier molecular flexibility index (Phi) is 5.28. The lowest BCUT2D eigenvalue weighted by Crippen LogP contribution is -2.21. The van der Waals surface area contributed by atoms with E-state index in [4.69, 9.17) is 0 Å². The summed E-state index contributed by atoms with van der Waals surface area (Å²) in [6, 6.07) is 0. The van der Waals surface area contributed by atoms with E-state index in [2.05, 4.69) is 37.8 Å². The van der Waals surface area contributed by atoms with Gasteiger partial charge in [-0.15, -0.1) is 5.10 Å². The molecule has 0 bridgehead atoms. The molecule has 104 valence electrons. The fourth-order valence-corrected chi connectivity index (χ4v) is 2.40. The van der Waals surface area contributed by atoms with Crippen LogP contribution in [0.5, 0.6) is 0 Å². The van der Waals surface area contributed by atoms with Crippen LogP contribution in [0.2, 0.25) is 0 Å². The Bertz CT molecular complexity index is 493. The minimum Gasteiger partial charge on any atom is -0.315 e. The van der Waals surface area contributed by atoms with Crippen LogP contribution in [-0.4, -0.2) is 48.1 Å². The lowest BCUT2D eigenvalue weighted by Gasteiger charge is -2.05. The number of thioether (sulfide) groups is 1. The van der Waals surface area contributed by atoms with E-state index < -0.39 is 0 Å². The fourth-order valence-electron chi connectivity index (χ4n) is 1.51. The van der Waals surface area contributed by atoms with E-state index in [0.29, 0.717) is 5.75 Å². The number of hydrogen-bond acceptors (Lipinski definition) is 7. The highest BCUT2D eigenvalue weighted by molar-refractivity contribution is 7.98. The van der Waals surface area contributed by atoms with Crippen molar-refractivity contribution in [1.82, 2.24) is 40.3 Å². The van der Waals surface area contributed by atoms with Gasteiger partial charge < -0.3 is 5.32 Å². The van der Waals surface area contributed by atoms with Crippen LogP contribution in [0.4, 0.5) is 0 Å². The third-order valence-electron chi connectivity index (χ3n) is 2.56. The summed E-state index contributed by atoms with van der Waals surface area (Å²) >= 11 is 1.57. The maximum Gasteiger partial charge on any atom is 0.209 e. The van der Waals surface area contributed by atoms with Gasteiger partial charge in [0.25, 0.3) is 0 Å². The van der Waals surface area contributed by atoms with Gasteiger partial charge in [0.1, 0.15) is 12.2 Å². The average molecular weight is 282 g/mol. The van der Waals surface area contributed by atoms with Crippen LogP contribution in [0.25, 0.3) is 0 Å². The van der Waals surface area contributed by atoms with Crippen molar-refractivity contribution in [2.45, 2.75) is 30.8 Å². The molecule has 2 rings (SSSR count). The molecule has 0 aromatic carbocycles. The van der Waals surface area contributed by atoms with Gasteiger partial charge in [0.2, 0.25) is 5.16 Å². The highest BCUT2D eigenvalue weighted by Gasteiger charge is 2.08. The summed E-state index contributed by atoms with van der Waals surface area (Å²) < 4.78 is 3.56. The second-order valence-electron chi connectivity index (χ2n) is 4.02. The molecule has 0 spiro atoms. The van der Waals surface area contributed by atoms with Crippen molar-refractivity contribution >= 4 is 11.8 Å². The number of tetrazole rings is 1. The number of rotatable bonds is 8. The van der Waals surface area contributed by atoms with Crippen LogP contribution >= 0.6 is 11.8 Å². The monoisotopic (exact) mass is 282 g/mol. The Labute approximate surface area is 116 Å². The molecule has 2 heterocycles. The number of aromatic nitrogens is 7. The zero-order valence-corrected chi connectivity index (χ0v) is 12.0. The summed E-state index contributed by atoms with van der Waals surface area (Å²) in [4.78, 5) is 4.17. The quantitative estimate of drug-likeness (QED) is 0.542. The zero-order chi connectivity index (χ0) is 13.5. The third-order valence-corrected chi connectivity index (χ3v) is 3.51. The van der Waals surface area contributed by atoms with E-state index in [1.54, 1.807) is 22.8 Å². The molecule has 2 aromatic rings. The third kappa shape index (κ3) is 4.00. The first-order chi connectivity index (χ1) is 9.31. The molecule has 9 heteroatoms. The van der Waals surface area contributed by atoms with Gasteiger partial charge in [-0.3, -0.25) is 4.68 Å². The molecule has 0 radical (unpaired) electrons. The molecule has 0 saturated heterocycles. The second-order valence-corrected chi connectivity index (χ2v) is 4.97. The minimum atomic E-state index is 0.708. The zero-order valence-electron chi connectivity index (χ0n) is 11.2. The largest absolute Gasteiger partial charge is 0.315 e. The molecule has 0 aliphatic heterocycles. The summed E-state index contributed by atoms with van der Waals surface area (Å²) in [7, 11) is 1.88. The Morgan fingerprint density at radius 2 is 2.26 bits per heavy atom. The summed E-state index contributed by atoms with van der Waals surface area (Å²) in [5, 5.41) is 19.9. The van der Waals surface area contributed by atoms with Crippen molar-refractivity contribution in [2.75, 3.05) is 13.1 Å². The minimum absolute atomic E-state index is 0.708. The Morgan fingerprint density at radius 1 is 1.37 bits per heavy atom. The van der Waals surface area contributed by atoms with Crippen molar-refractivity contribution < 1.29 is 0 Å². The lowest BCUT2D eigenvalue weighted by atomic mass is 10.5. The molecule has 0 fully saturated rings. The smallest absolute Gasteiger partial charge is 0.209 e. The molecular weight excluding hydrogens is 264 g/mol. The highest BCUT2D eigenvalue weighted by Crippen LogP contribution is 2.17. The summed E-state index contributed by atoms with van der Waals surface area (Å²) in [5.74, 6) is 1.61. The number of aryl methyl sites for hydroxylation is 1. The van der Waals surface area contributed by atoms with Crippen LogP contribution in [0.3, 0.4) is 0 Å².